The van der Waals surface area contributed by atoms with Gasteiger partial charge >= 0.3 is 5.97 Å². The maximum Gasteiger partial charge on any atom is 0.319 e. The van der Waals surface area contributed by atoms with Crippen LogP contribution >= 0.6 is 11.3 Å². The molecule has 3 aromatic rings. The van der Waals surface area contributed by atoms with Crippen molar-refractivity contribution in [3.05, 3.63) is 42.5 Å². The van der Waals surface area contributed by atoms with E-state index in [1.54, 1.807) is 6.20 Å². The van der Waals surface area contributed by atoms with Gasteiger partial charge in [0, 0.05) is 18.4 Å². The Morgan fingerprint density at radius 2 is 2.13 bits per heavy atom. The summed E-state index contributed by atoms with van der Waals surface area (Å²) in [7, 11) is 4.15. The van der Waals surface area contributed by atoms with Crippen LogP contribution in [0.4, 0.5) is 5.13 Å². The van der Waals surface area contributed by atoms with Crippen molar-refractivity contribution in [1.29, 1.82) is 0 Å². The minimum absolute atomic E-state index is 0.0822. The molecule has 0 bridgehead atoms. The Bertz CT molecular complexity index is 1070. The Balaban J connectivity index is 1.65. The van der Waals surface area contributed by atoms with Gasteiger partial charge in [-0.05, 0) is 51.1 Å². The van der Waals surface area contributed by atoms with Crippen molar-refractivity contribution < 1.29 is 14.7 Å². The van der Waals surface area contributed by atoms with E-state index in [1.807, 2.05) is 18.6 Å². The van der Waals surface area contributed by atoms with Crippen LogP contribution in [0.2, 0.25) is 0 Å². The quantitative estimate of drug-likeness (QED) is 0.536. The Morgan fingerprint density at radius 3 is 2.70 bits per heavy atom. The van der Waals surface area contributed by atoms with Crippen LogP contribution in [0.3, 0.4) is 0 Å². The van der Waals surface area contributed by atoms with Gasteiger partial charge in [-0.15, -0.1) is 0 Å². The van der Waals surface area contributed by atoms with Gasteiger partial charge in [0.2, 0.25) is 5.91 Å². The molecular weight excluding hydrogens is 402 g/mol. The number of nitrogens with zero attached hydrogens (tertiary/aromatic N) is 4. The number of hydrogen-bond donors (Lipinski definition) is 2. The van der Waals surface area contributed by atoms with E-state index >= 15 is 0 Å². The number of imidazole rings is 1. The van der Waals surface area contributed by atoms with Gasteiger partial charge < -0.3 is 19.9 Å². The van der Waals surface area contributed by atoms with Gasteiger partial charge in [-0.3, -0.25) is 9.59 Å². The van der Waals surface area contributed by atoms with Crippen LogP contribution in [0.1, 0.15) is 37.8 Å². The van der Waals surface area contributed by atoms with E-state index in [4.69, 9.17) is 0 Å². The zero-order chi connectivity index (χ0) is 21.5. The highest BCUT2D eigenvalue weighted by atomic mass is 32.1. The average molecular weight is 428 g/mol. The number of fused-ring (bicyclic) bond motifs is 1. The summed E-state index contributed by atoms with van der Waals surface area (Å²) in [6, 6.07) is 6.47. The molecule has 0 spiro atoms. The Kier molecular flexibility index (Phi) is 5.33. The number of amides is 1. The van der Waals surface area contributed by atoms with Gasteiger partial charge in [-0.2, -0.15) is 0 Å². The number of aliphatic carboxylic acids is 1. The largest absolute Gasteiger partial charge is 0.480 e. The van der Waals surface area contributed by atoms with E-state index in [-0.39, 0.29) is 12.1 Å². The number of nitrogens with one attached hydrogen (secondary N) is 1. The van der Waals surface area contributed by atoms with Crippen LogP contribution in [0.15, 0.2) is 36.9 Å². The second-order valence-electron chi connectivity index (χ2n) is 7.98. The van der Waals surface area contributed by atoms with Crippen LogP contribution in [-0.2, 0) is 9.59 Å². The summed E-state index contributed by atoms with van der Waals surface area (Å²) in [5.74, 6) is -1.55. The van der Waals surface area contributed by atoms with Gasteiger partial charge in [-0.25, -0.2) is 9.97 Å². The normalized spacial score (nSPS) is 17.1. The van der Waals surface area contributed by atoms with Crippen molar-refractivity contribution in [2.24, 2.45) is 5.41 Å². The Morgan fingerprint density at radius 1 is 1.37 bits per heavy atom. The molecule has 0 saturated heterocycles. The average Bonchev–Trinajstić information content (AvgIpc) is 3.17. The standard InChI is InChI=1S/C21H25N5O3S/c1-4-15(25(2)3)17(26-10-9-22-12-26)13-5-6-14-16(11-13)30-20(23-14)24-18(27)21(7-8-21)19(28)29/h5-6,9-12,15,17H,4,7-8H2,1-3H3,(H,28,29)(H,23,24,27). The highest BCUT2D eigenvalue weighted by Gasteiger charge is 2.57. The van der Waals surface area contributed by atoms with Crippen molar-refractivity contribution in [2.45, 2.75) is 38.3 Å². The maximum absolute atomic E-state index is 12.4. The molecule has 0 radical (unpaired) electrons. The number of hydrogen-bond acceptors (Lipinski definition) is 6. The highest BCUT2D eigenvalue weighted by Crippen LogP contribution is 2.47. The van der Waals surface area contributed by atoms with E-state index in [2.05, 4.69) is 57.9 Å². The predicted octanol–water partition coefficient (Wildman–Crippen LogP) is 3.23. The van der Waals surface area contributed by atoms with Crippen molar-refractivity contribution in [1.82, 2.24) is 19.4 Å². The van der Waals surface area contributed by atoms with Crippen molar-refractivity contribution in [3.63, 3.8) is 0 Å². The van der Waals surface area contributed by atoms with Crippen molar-refractivity contribution in [3.8, 4) is 0 Å². The summed E-state index contributed by atoms with van der Waals surface area (Å²) in [6.45, 7) is 2.17. The van der Waals surface area contributed by atoms with Gasteiger partial charge in [0.05, 0.1) is 22.6 Å². The number of aromatic nitrogens is 3. The lowest BCUT2D eigenvalue weighted by atomic mass is 9.96. The zero-order valence-electron chi connectivity index (χ0n) is 17.2. The molecule has 158 valence electrons. The maximum atomic E-state index is 12.4. The number of benzene rings is 1. The molecule has 1 aromatic carbocycles. The number of carbonyl (C=O) groups excluding carboxylic acids is 1. The van der Waals surface area contributed by atoms with Gasteiger partial charge in [0.25, 0.3) is 0 Å². The number of thiazole rings is 1. The summed E-state index contributed by atoms with van der Waals surface area (Å²) in [5, 5.41) is 12.4. The Hall–Kier alpha value is -2.78. The lowest BCUT2D eigenvalue weighted by Crippen LogP contribution is -2.36. The first-order valence-corrected chi connectivity index (χ1v) is 10.8. The fourth-order valence-corrected chi connectivity index (χ4v) is 4.87. The molecular formula is C21H25N5O3S. The number of carbonyl (C=O) groups is 2. The Labute approximate surface area is 178 Å². The minimum Gasteiger partial charge on any atom is -0.480 e. The molecule has 4 rings (SSSR count). The van der Waals surface area contributed by atoms with Gasteiger partial charge in [-0.1, -0.05) is 24.3 Å². The van der Waals surface area contributed by atoms with E-state index in [0.29, 0.717) is 18.0 Å². The number of carboxylic acid groups (broad SMARTS) is 1. The number of rotatable bonds is 8. The summed E-state index contributed by atoms with van der Waals surface area (Å²) in [6.07, 6.45) is 7.30. The minimum atomic E-state index is -1.28. The monoisotopic (exact) mass is 427 g/mol. The highest BCUT2D eigenvalue weighted by molar-refractivity contribution is 7.22. The van der Waals surface area contributed by atoms with Crippen molar-refractivity contribution in [2.75, 3.05) is 19.4 Å². The second kappa shape index (κ2) is 7.81. The van der Waals surface area contributed by atoms with E-state index in [9.17, 15) is 14.7 Å². The van der Waals surface area contributed by atoms with E-state index in [1.165, 1.54) is 11.3 Å². The van der Waals surface area contributed by atoms with E-state index in [0.717, 1.165) is 22.2 Å². The predicted molar refractivity (Wildman–Crippen MR) is 116 cm³/mol. The van der Waals surface area contributed by atoms with Crippen LogP contribution in [0, 0.1) is 5.41 Å². The zero-order valence-corrected chi connectivity index (χ0v) is 18.0. The van der Waals surface area contributed by atoms with Crippen molar-refractivity contribution >= 4 is 38.6 Å². The molecule has 2 atom stereocenters. The molecule has 2 heterocycles. The second-order valence-corrected chi connectivity index (χ2v) is 9.01. The molecule has 9 heteroatoms. The molecule has 2 N–H and O–H groups in total. The summed E-state index contributed by atoms with van der Waals surface area (Å²) >= 11 is 1.36. The number of likely N-dealkylation sites (N-methyl/N-ethyl adjacent to an activating group) is 1. The first kappa shape index (κ1) is 20.5. The lowest BCUT2D eigenvalue weighted by molar-refractivity contribution is -0.147. The van der Waals surface area contributed by atoms with Gasteiger partial charge in [0.1, 0.15) is 5.41 Å². The molecule has 2 unspecified atom stereocenters. The summed E-state index contributed by atoms with van der Waals surface area (Å²) in [4.78, 5) is 34.7. The van der Waals surface area contributed by atoms with Crippen LogP contribution in [0.25, 0.3) is 10.2 Å². The number of carboxylic acids is 1. The molecule has 1 fully saturated rings. The molecule has 1 aliphatic carbocycles. The molecule has 1 saturated carbocycles. The lowest BCUT2D eigenvalue weighted by Gasteiger charge is -2.33. The van der Waals surface area contributed by atoms with Crippen LogP contribution < -0.4 is 5.32 Å². The van der Waals surface area contributed by atoms with E-state index < -0.39 is 17.3 Å². The van der Waals surface area contributed by atoms with Gasteiger partial charge in [0.15, 0.2) is 5.13 Å². The first-order chi connectivity index (χ1) is 14.4. The SMILES string of the molecule is CCC(C(c1ccc2nc(NC(=O)C3(C(=O)O)CC3)sc2c1)n1ccnc1)N(C)C. The molecule has 2 aromatic heterocycles. The molecule has 1 aliphatic rings. The fourth-order valence-electron chi connectivity index (χ4n) is 3.96. The first-order valence-electron chi connectivity index (χ1n) is 9.95. The molecule has 8 nitrogen and oxygen atoms in total. The van der Waals surface area contributed by atoms with Crippen LogP contribution in [-0.4, -0.2) is 56.6 Å². The molecule has 0 aliphatic heterocycles. The van der Waals surface area contributed by atoms with Crippen LogP contribution in [0.5, 0.6) is 0 Å². The number of anilines is 1. The summed E-state index contributed by atoms with van der Waals surface area (Å²) < 4.78 is 3.06. The molecule has 1 amide bonds. The summed E-state index contributed by atoms with van der Waals surface area (Å²) in [5.41, 5.74) is 0.628. The smallest absolute Gasteiger partial charge is 0.319 e. The third kappa shape index (κ3) is 3.59. The third-order valence-electron chi connectivity index (χ3n) is 5.86. The molecule has 30 heavy (non-hydrogen) atoms. The topological polar surface area (TPSA) is 100 Å². The fraction of sp³-hybridized carbons (Fsp3) is 0.429. The third-order valence-corrected chi connectivity index (χ3v) is 6.79.